The Morgan fingerprint density at radius 3 is 2.55 bits per heavy atom. The summed E-state index contributed by atoms with van der Waals surface area (Å²) in [7, 11) is -3.72. The van der Waals surface area contributed by atoms with Crippen molar-refractivity contribution < 1.29 is 8.42 Å². The number of hydrogen-bond donors (Lipinski definition) is 0. The highest BCUT2D eigenvalue weighted by molar-refractivity contribution is 9.10. The van der Waals surface area contributed by atoms with Crippen LogP contribution in [0.25, 0.3) is 11.0 Å². The van der Waals surface area contributed by atoms with Crippen molar-refractivity contribution in [2.75, 3.05) is 0 Å². The molecule has 1 aromatic carbocycles. The number of aromatic nitrogens is 2. The van der Waals surface area contributed by atoms with E-state index in [-0.39, 0.29) is 4.90 Å². The van der Waals surface area contributed by atoms with Gasteiger partial charge in [0.15, 0.2) is 5.65 Å². The number of hydrogen-bond acceptors (Lipinski definition) is 3. The van der Waals surface area contributed by atoms with Gasteiger partial charge in [-0.25, -0.2) is 17.4 Å². The van der Waals surface area contributed by atoms with Gasteiger partial charge in [-0.2, -0.15) is 0 Å². The van der Waals surface area contributed by atoms with Crippen LogP contribution >= 0.6 is 27.5 Å². The summed E-state index contributed by atoms with van der Waals surface area (Å²) in [5, 5.41) is 1.04. The number of nitrogens with zero attached hydrogens (tertiary/aromatic N) is 2. The lowest BCUT2D eigenvalue weighted by molar-refractivity contribution is 0.588. The Bertz CT molecular complexity index is 891. The van der Waals surface area contributed by atoms with Crippen LogP contribution in [0.2, 0.25) is 5.02 Å². The van der Waals surface area contributed by atoms with Gasteiger partial charge < -0.3 is 0 Å². The molecule has 4 nitrogen and oxygen atoms in total. The van der Waals surface area contributed by atoms with Crippen LogP contribution in [-0.4, -0.2) is 17.4 Å². The third kappa shape index (κ3) is 2.04. The van der Waals surface area contributed by atoms with Crippen LogP contribution in [0.4, 0.5) is 0 Å². The molecule has 2 heterocycles. The molecular formula is C13H8BrClN2O2S. The maximum Gasteiger partial charge on any atom is 0.270 e. The summed E-state index contributed by atoms with van der Waals surface area (Å²) in [6.07, 6.45) is 1.48. The molecule has 0 N–H and O–H groups in total. The molecule has 0 radical (unpaired) electrons. The highest BCUT2D eigenvalue weighted by Gasteiger charge is 2.23. The largest absolute Gasteiger partial charge is 0.270 e. The first-order valence-corrected chi connectivity index (χ1v) is 8.25. The van der Waals surface area contributed by atoms with E-state index in [0.29, 0.717) is 20.7 Å². The van der Waals surface area contributed by atoms with Crippen molar-refractivity contribution in [1.29, 1.82) is 0 Å². The third-order valence-electron chi connectivity index (χ3n) is 2.85. The second-order valence-electron chi connectivity index (χ2n) is 4.08. The van der Waals surface area contributed by atoms with E-state index in [1.54, 1.807) is 30.3 Å². The molecule has 2 aromatic heterocycles. The zero-order valence-corrected chi connectivity index (χ0v) is 13.2. The lowest BCUT2D eigenvalue weighted by Gasteiger charge is -2.08. The summed E-state index contributed by atoms with van der Waals surface area (Å²) in [5.74, 6) is 0. The molecule has 0 aliphatic heterocycles. The third-order valence-corrected chi connectivity index (χ3v) is 5.71. The average molecular weight is 372 g/mol. The quantitative estimate of drug-likeness (QED) is 0.690. The number of rotatable bonds is 2. The van der Waals surface area contributed by atoms with Crippen LogP contribution in [0, 0.1) is 0 Å². The van der Waals surface area contributed by atoms with Crippen molar-refractivity contribution in [2.45, 2.75) is 4.90 Å². The molecule has 0 bridgehead atoms. The Morgan fingerprint density at radius 1 is 1.15 bits per heavy atom. The van der Waals surface area contributed by atoms with Gasteiger partial charge >= 0.3 is 0 Å². The first kappa shape index (κ1) is 13.6. The van der Waals surface area contributed by atoms with Gasteiger partial charge in [-0.3, -0.25) is 0 Å². The Hall–Kier alpha value is -1.37. The smallest absolute Gasteiger partial charge is 0.237 e. The SMILES string of the molecule is O=S(=O)(c1ccccc1)n1c(Br)cc2c(Cl)ccnc21. The zero-order valence-electron chi connectivity index (χ0n) is 9.99. The van der Waals surface area contributed by atoms with Crippen LogP contribution in [-0.2, 0) is 10.0 Å². The van der Waals surface area contributed by atoms with Crippen molar-refractivity contribution in [2.24, 2.45) is 0 Å². The van der Waals surface area contributed by atoms with Crippen molar-refractivity contribution in [1.82, 2.24) is 8.96 Å². The minimum atomic E-state index is -3.72. The molecule has 0 spiro atoms. The summed E-state index contributed by atoms with van der Waals surface area (Å²) >= 11 is 9.33. The molecule has 7 heteroatoms. The van der Waals surface area contributed by atoms with E-state index < -0.39 is 10.0 Å². The summed E-state index contributed by atoms with van der Waals surface area (Å²) in [6, 6.07) is 11.5. The normalized spacial score (nSPS) is 11.9. The van der Waals surface area contributed by atoms with E-state index in [9.17, 15) is 8.42 Å². The van der Waals surface area contributed by atoms with Gasteiger partial charge in [-0.05, 0) is 40.2 Å². The predicted octanol–water partition coefficient (Wildman–Crippen LogP) is 3.69. The molecule has 0 amide bonds. The Labute approximate surface area is 129 Å². The summed E-state index contributed by atoms with van der Waals surface area (Å²) in [5.41, 5.74) is 0.299. The second kappa shape index (κ2) is 4.87. The van der Waals surface area contributed by atoms with E-state index >= 15 is 0 Å². The van der Waals surface area contributed by atoms with Gasteiger partial charge in [0.25, 0.3) is 10.0 Å². The van der Waals surface area contributed by atoms with Crippen molar-refractivity contribution in [3.63, 3.8) is 0 Å². The fraction of sp³-hybridized carbons (Fsp3) is 0. The molecule has 3 rings (SSSR count). The first-order valence-electron chi connectivity index (χ1n) is 5.64. The molecule has 0 fully saturated rings. The maximum absolute atomic E-state index is 12.7. The number of fused-ring (bicyclic) bond motifs is 1. The summed E-state index contributed by atoms with van der Waals surface area (Å²) < 4.78 is 26.9. The van der Waals surface area contributed by atoms with Crippen LogP contribution in [0.15, 0.2) is 58.2 Å². The standard InChI is InChI=1S/C13H8BrClN2O2S/c14-12-8-10-11(15)6-7-16-13(10)17(12)20(18,19)9-4-2-1-3-5-9/h1-8H. The molecule has 0 saturated heterocycles. The van der Waals surface area contributed by atoms with Crippen LogP contribution in [0.1, 0.15) is 0 Å². The van der Waals surface area contributed by atoms with Gasteiger partial charge in [0.2, 0.25) is 0 Å². The van der Waals surface area contributed by atoms with Crippen molar-refractivity contribution in [3.8, 4) is 0 Å². The second-order valence-corrected chi connectivity index (χ2v) is 7.09. The van der Waals surface area contributed by atoms with E-state index in [4.69, 9.17) is 11.6 Å². The lowest BCUT2D eigenvalue weighted by atomic mass is 10.3. The Kier molecular flexibility index (Phi) is 3.32. The van der Waals surface area contributed by atoms with Crippen LogP contribution in [0.3, 0.4) is 0 Å². The number of halogens is 2. The summed E-state index contributed by atoms with van der Waals surface area (Å²) in [6.45, 7) is 0. The predicted molar refractivity (Wildman–Crippen MR) is 81.5 cm³/mol. The zero-order chi connectivity index (χ0) is 14.3. The van der Waals surface area contributed by atoms with Crippen LogP contribution in [0.5, 0.6) is 0 Å². The molecule has 0 saturated carbocycles. The van der Waals surface area contributed by atoms with Crippen LogP contribution < -0.4 is 0 Å². The van der Waals surface area contributed by atoms with Gasteiger partial charge in [-0.15, -0.1) is 0 Å². The first-order chi connectivity index (χ1) is 9.51. The molecule has 102 valence electrons. The van der Waals surface area contributed by atoms with Gasteiger partial charge in [0, 0.05) is 11.6 Å². The summed E-state index contributed by atoms with van der Waals surface area (Å²) in [4.78, 5) is 4.32. The average Bonchev–Trinajstić information content (AvgIpc) is 2.78. The van der Waals surface area contributed by atoms with Crippen molar-refractivity contribution >= 4 is 48.6 Å². The molecule has 0 aliphatic carbocycles. The highest BCUT2D eigenvalue weighted by atomic mass is 79.9. The fourth-order valence-electron chi connectivity index (χ4n) is 1.94. The number of benzene rings is 1. The molecule has 20 heavy (non-hydrogen) atoms. The molecule has 0 unspecified atom stereocenters. The molecule has 0 atom stereocenters. The van der Waals surface area contributed by atoms with E-state index in [0.717, 1.165) is 3.97 Å². The number of pyridine rings is 1. The Morgan fingerprint density at radius 2 is 1.85 bits per heavy atom. The minimum Gasteiger partial charge on any atom is -0.237 e. The molecule has 0 aliphatic rings. The molecule has 3 aromatic rings. The van der Waals surface area contributed by atoms with E-state index in [2.05, 4.69) is 20.9 Å². The highest BCUT2D eigenvalue weighted by Crippen LogP contribution is 2.31. The maximum atomic E-state index is 12.7. The van der Waals surface area contributed by atoms with Gasteiger partial charge in [0.05, 0.1) is 9.92 Å². The monoisotopic (exact) mass is 370 g/mol. The molecular weight excluding hydrogens is 364 g/mol. The van der Waals surface area contributed by atoms with E-state index in [1.165, 1.54) is 18.3 Å². The van der Waals surface area contributed by atoms with Crippen molar-refractivity contribution in [3.05, 3.63) is 58.3 Å². The van der Waals surface area contributed by atoms with Gasteiger partial charge in [-0.1, -0.05) is 29.8 Å². The lowest BCUT2D eigenvalue weighted by Crippen LogP contribution is -2.13. The fourth-order valence-corrected chi connectivity index (χ4v) is 4.47. The Balaban J connectivity index is 2.36. The topological polar surface area (TPSA) is 52.0 Å². The van der Waals surface area contributed by atoms with E-state index in [1.807, 2.05) is 0 Å². The minimum absolute atomic E-state index is 0.194. The van der Waals surface area contributed by atoms with Gasteiger partial charge in [0.1, 0.15) is 4.60 Å².